The monoisotopic (exact) mass is 534 g/mol. The number of nitrogens with zero attached hydrogens (tertiary/aromatic N) is 3. The third-order valence-electron chi connectivity index (χ3n) is 5.53. The van der Waals surface area contributed by atoms with Crippen molar-refractivity contribution in [3.05, 3.63) is 66.5 Å². The van der Waals surface area contributed by atoms with Gasteiger partial charge in [-0.2, -0.15) is 0 Å². The summed E-state index contributed by atoms with van der Waals surface area (Å²) in [6.07, 6.45) is 7.41. The van der Waals surface area contributed by atoms with Gasteiger partial charge in [-0.05, 0) is 43.6 Å². The Morgan fingerprint density at radius 1 is 1.13 bits per heavy atom. The van der Waals surface area contributed by atoms with Crippen molar-refractivity contribution in [2.24, 2.45) is 4.99 Å². The van der Waals surface area contributed by atoms with Crippen molar-refractivity contribution < 1.29 is 4.42 Å². The van der Waals surface area contributed by atoms with Gasteiger partial charge >= 0.3 is 0 Å². The molecule has 0 saturated carbocycles. The minimum Gasteiger partial charge on any atom is -0.468 e. The number of imidazole rings is 1. The molecule has 1 saturated heterocycles. The Hall–Kier alpha value is -2.33. The van der Waals surface area contributed by atoms with Crippen molar-refractivity contribution in [1.29, 1.82) is 0 Å². The van der Waals surface area contributed by atoms with E-state index in [1.165, 1.54) is 19.3 Å². The quantitative estimate of drug-likeness (QED) is 0.241. The molecule has 1 atom stereocenters. The van der Waals surface area contributed by atoms with Gasteiger partial charge < -0.3 is 20.0 Å². The van der Waals surface area contributed by atoms with Crippen LogP contribution in [0.15, 0.2) is 64.3 Å². The number of aromatic amines is 1. The van der Waals surface area contributed by atoms with E-state index in [9.17, 15) is 0 Å². The molecule has 0 bridgehead atoms. The Kier molecular flexibility index (Phi) is 8.96. The van der Waals surface area contributed by atoms with Crippen molar-refractivity contribution in [2.75, 3.05) is 26.7 Å². The number of furan rings is 1. The topological polar surface area (TPSA) is 81.5 Å². The lowest BCUT2D eigenvalue weighted by molar-refractivity contribution is 0.146. The van der Waals surface area contributed by atoms with Crippen LogP contribution in [0.3, 0.4) is 0 Å². The van der Waals surface area contributed by atoms with E-state index in [0.29, 0.717) is 6.54 Å². The maximum absolute atomic E-state index is 5.73. The largest absolute Gasteiger partial charge is 0.468 e. The first-order valence-corrected chi connectivity index (χ1v) is 10.6. The second kappa shape index (κ2) is 11.9. The fraction of sp³-hybridized carbons (Fsp3) is 0.391. The zero-order chi connectivity index (χ0) is 20.6. The minimum absolute atomic E-state index is 0. The van der Waals surface area contributed by atoms with Crippen molar-refractivity contribution in [1.82, 2.24) is 25.5 Å². The highest BCUT2D eigenvalue weighted by atomic mass is 127. The van der Waals surface area contributed by atoms with E-state index in [2.05, 4.69) is 48.7 Å². The van der Waals surface area contributed by atoms with Crippen molar-refractivity contribution in [3.8, 4) is 11.3 Å². The number of rotatable bonds is 7. The smallest absolute Gasteiger partial charge is 0.191 e. The number of aliphatic imine (C=N–C) groups is 1. The molecule has 1 aliphatic heterocycles. The SMILES string of the molecule is CN=C(NCc1ncc(-c2ccccc2)[nH]1)NCC(c1ccco1)N1CCCCC1.I. The van der Waals surface area contributed by atoms with Gasteiger partial charge in [-0.3, -0.25) is 9.89 Å². The van der Waals surface area contributed by atoms with E-state index in [-0.39, 0.29) is 30.0 Å². The van der Waals surface area contributed by atoms with Crippen LogP contribution >= 0.6 is 24.0 Å². The van der Waals surface area contributed by atoms with Gasteiger partial charge in [0.05, 0.1) is 30.7 Å². The molecule has 2 aromatic heterocycles. The molecule has 166 valence electrons. The zero-order valence-corrected chi connectivity index (χ0v) is 20.2. The Balaban J connectivity index is 0.00000272. The highest BCUT2D eigenvalue weighted by molar-refractivity contribution is 14.0. The van der Waals surface area contributed by atoms with Gasteiger partial charge in [-0.25, -0.2) is 4.98 Å². The number of nitrogens with one attached hydrogen (secondary N) is 3. The van der Waals surface area contributed by atoms with Gasteiger partial charge in [-0.15, -0.1) is 24.0 Å². The van der Waals surface area contributed by atoms with E-state index in [0.717, 1.165) is 48.4 Å². The summed E-state index contributed by atoms with van der Waals surface area (Å²) in [7, 11) is 1.79. The van der Waals surface area contributed by atoms with Crippen LogP contribution in [0.4, 0.5) is 0 Å². The summed E-state index contributed by atoms with van der Waals surface area (Å²) in [6.45, 7) is 3.52. The number of guanidine groups is 1. The lowest BCUT2D eigenvalue weighted by Crippen LogP contribution is -2.44. The number of halogens is 1. The number of hydrogen-bond donors (Lipinski definition) is 3. The number of piperidine rings is 1. The van der Waals surface area contributed by atoms with Gasteiger partial charge in [0.2, 0.25) is 0 Å². The highest BCUT2D eigenvalue weighted by Crippen LogP contribution is 2.24. The average molecular weight is 534 g/mol. The first kappa shape index (κ1) is 23.3. The molecule has 1 aliphatic rings. The Labute approximate surface area is 200 Å². The van der Waals surface area contributed by atoms with E-state index < -0.39 is 0 Å². The Morgan fingerprint density at radius 3 is 2.65 bits per heavy atom. The van der Waals surface area contributed by atoms with Gasteiger partial charge in [0, 0.05) is 13.6 Å². The molecule has 7 nitrogen and oxygen atoms in total. The summed E-state index contributed by atoms with van der Waals surface area (Å²) in [4.78, 5) is 14.7. The number of benzene rings is 1. The highest BCUT2D eigenvalue weighted by Gasteiger charge is 2.24. The van der Waals surface area contributed by atoms with Crippen LogP contribution < -0.4 is 10.6 Å². The summed E-state index contributed by atoms with van der Waals surface area (Å²) in [5.41, 5.74) is 2.14. The fourth-order valence-corrected chi connectivity index (χ4v) is 3.92. The molecule has 3 aromatic rings. The number of hydrogen-bond acceptors (Lipinski definition) is 4. The van der Waals surface area contributed by atoms with Crippen LogP contribution in [-0.4, -0.2) is 47.5 Å². The molecule has 3 N–H and O–H groups in total. The molecule has 8 heteroatoms. The standard InChI is InChI=1S/C23H30N6O.HI/c1-24-23(27-17-22-25-15-19(28-22)18-9-4-2-5-10-18)26-16-20(21-11-8-14-30-21)29-12-6-3-7-13-29;/h2,4-5,8-11,14-15,20H,3,6-7,12-13,16-17H2,1H3,(H,25,28)(H2,24,26,27);1H. The zero-order valence-electron chi connectivity index (χ0n) is 17.9. The molecule has 0 aliphatic carbocycles. The molecule has 1 aromatic carbocycles. The van der Waals surface area contributed by atoms with Gasteiger partial charge in [-0.1, -0.05) is 36.8 Å². The van der Waals surface area contributed by atoms with Crippen LogP contribution in [0.25, 0.3) is 11.3 Å². The molecular weight excluding hydrogens is 503 g/mol. The maximum Gasteiger partial charge on any atom is 0.191 e. The Bertz CT molecular complexity index is 919. The third kappa shape index (κ3) is 6.33. The van der Waals surface area contributed by atoms with Crippen molar-refractivity contribution in [3.63, 3.8) is 0 Å². The normalized spacial score (nSPS) is 15.8. The molecule has 1 fully saturated rings. The van der Waals surface area contributed by atoms with E-state index in [1.807, 2.05) is 30.5 Å². The average Bonchev–Trinajstić information content (AvgIpc) is 3.50. The lowest BCUT2D eigenvalue weighted by Gasteiger charge is -2.33. The molecule has 0 radical (unpaired) electrons. The summed E-state index contributed by atoms with van der Waals surface area (Å²) in [5.74, 6) is 2.62. The molecular formula is C23H31IN6O. The fourth-order valence-electron chi connectivity index (χ4n) is 3.92. The van der Waals surface area contributed by atoms with E-state index >= 15 is 0 Å². The van der Waals surface area contributed by atoms with Crippen LogP contribution in [0.1, 0.15) is 36.9 Å². The van der Waals surface area contributed by atoms with Crippen molar-refractivity contribution >= 4 is 29.9 Å². The predicted molar refractivity (Wildman–Crippen MR) is 135 cm³/mol. The second-order valence-corrected chi connectivity index (χ2v) is 7.54. The predicted octanol–water partition coefficient (Wildman–Crippen LogP) is 4.18. The first-order valence-electron chi connectivity index (χ1n) is 10.6. The molecule has 31 heavy (non-hydrogen) atoms. The van der Waals surface area contributed by atoms with Crippen LogP contribution in [0, 0.1) is 0 Å². The van der Waals surface area contributed by atoms with Crippen molar-refractivity contribution in [2.45, 2.75) is 31.8 Å². The number of likely N-dealkylation sites (tertiary alicyclic amines) is 1. The first-order chi connectivity index (χ1) is 14.8. The second-order valence-electron chi connectivity index (χ2n) is 7.54. The van der Waals surface area contributed by atoms with Gasteiger partial charge in [0.15, 0.2) is 5.96 Å². The summed E-state index contributed by atoms with van der Waals surface area (Å²) >= 11 is 0. The molecule has 1 unspecified atom stereocenters. The van der Waals surface area contributed by atoms with Crippen LogP contribution in [0.5, 0.6) is 0 Å². The lowest BCUT2D eigenvalue weighted by atomic mass is 10.1. The van der Waals surface area contributed by atoms with E-state index in [1.54, 1.807) is 13.3 Å². The van der Waals surface area contributed by atoms with Crippen LogP contribution in [-0.2, 0) is 6.54 Å². The van der Waals surface area contributed by atoms with Gasteiger partial charge in [0.25, 0.3) is 0 Å². The molecule has 3 heterocycles. The molecule has 0 spiro atoms. The Morgan fingerprint density at radius 2 is 1.94 bits per heavy atom. The number of H-pyrrole nitrogens is 1. The third-order valence-corrected chi connectivity index (χ3v) is 5.53. The van der Waals surface area contributed by atoms with Crippen LogP contribution in [0.2, 0.25) is 0 Å². The van der Waals surface area contributed by atoms with E-state index in [4.69, 9.17) is 4.42 Å². The summed E-state index contributed by atoms with van der Waals surface area (Å²) in [5, 5.41) is 6.81. The molecule has 4 rings (SSSR count). The number of aromatic nitrogens is 2. The van der Waals surface area contributed by atoms with Gasteiger partial charge in [0.1, 0.15) is 11.6 Å². The minimum atomic E-state index is 0. The summed E-state index contributed by atoms with van der Waals surface area (Å²) < 4.78 is 5.73. The molecule has 0 amide bonds. The maximum atomic E-state index is 5.73. The summed E-state index contributed by atoms with van der Waals surface area (Å²) in [6, 6.07) is 14.4.